The van der Waals surface area contributed by atoms with Gasteiger partial charge in [-0.05, 0) is 6.08 Å². The quantitative estimate of drug-likeness (QED) is 0.562. The predicted molar refractivity (Wildman–Crippen MR) is 57.6 cm³/mol. The second-order valence-electron chi connectivity index (χ2n) is 2.63. The second-order valence-corrected chi connectivity index (χ2v) is 2.63. The molecule has 1 heterocycles. The van der Waals surface area contributed by atoms with Gasteiger partial charge in [0.05, 0.1) is 5.70 Å². The van der Waals surface area contributed by atoms with Crippen LogP contribution in [0, 0.1) is 0 Å². The summed E-state index contributed by atoms with van der Waals surface area (Å²) in [4.78, 5) is 24.2. The van der Waals surface area contributed by atoms with Crippen LogP contribution in [0.4, 0.5) is 0 Å². The zero-order valence-electron chi connectivity index (χ0n) is 7.88. The van der Waals surface area contributed by atoms with Crippen LogP contribution in [-0.2, 0) is 0 Å². The van der Waals surface area contributed by atoms with Gasteiger partial charge < -0.3 is 5.11 Å². The van der Waals surface area contributed by atoms with Crippen LogP contribution in [0.5, 0.6) is 0 Å². The molecule has 2 N–H and O–H groups in total. The Morgan fingerprint density at radius 2 is 2.27 bits per heavy atom. The number of aliphatic hydroxyl groups excluding tert-OH is 1. The summed E-state index contributed by atoms with van der Waals surface area (Å²) in [6.45, 7) is 3.46. The minimum absolute atomic E-state index is 0.233. The number of rotatable bonds is 3. The van der Waals surface area contributed by atoms with E-state index in [1.165, 1.54) is 24.4 Å². The Bertz CT molecular complexity index is 520. The highest BCUT2D eigenvalue weighted by Crippen LogP contribution is 2.00. The van der Waals surface area contributed by atoms with Crippen molar-refractivity contribution >= 4 is 5.70 Å². The van der Waals surface area contributed by atoms with E-state index in [4.69, 9.17) is 5.11 Å². The van der Waals surface area contributed by atoms with E-state index in [0.29, 0.717) is 0 Å². The van der Waals surface area contributed by atoms with Gasteiger partial charge in [-0.3, -0.25) is 14.3 Å². The van der Waals surface area contributed by atoms with Crippen molar-refractivity contribution in [1.82, 2.24) is 9.55 Å². The molecule has 5 nitrogen and oxygen atoms in total. The first-order valence-electron chi connectivity index (χ1n) is 4.15. The molecule has 0 radical (unpaired) electrons. The van der Waals surface area contributed by atoms with Crippen LogP contribution in [0.3, 0.4) is 0 Å². The molecule has 78 valence electrons. The predicted octanol–water partition coefficient (Wildman–Crippen LogP) is 0.635. The fourth-order valence-corrected chi connectivity index (χ4v) is 0.973. The van der Waals surface area contributed by atoms with Gasteiger partial charge in [0.1, 0.15) is 6.26 Å². The minimum Gasteiger partial charge on any atom is -0.513 e. The van der Waals surface area contributed by atoms with E-state index in [-0.39, 0.29) is 5.70 Å². The molecule has 0 aliphatic rings. The Kier molecular flexibility index (Phi) is 3.45. The van der Waals surface area contributed by atoms with Crippen molar-refractivity contribution in [3.8, 4) is 0 Å². The van der Waals surface area contributed by atoms with Crippen molar-refractivity contribution in [3.63, 3.8) is 0 Å². The molecule has 15 heavy (non-hydrogen) atoms. The van der Waals surface area contributed by atoms with Crippen LogP contribution in [0.2, 0.25) is 0 Å². The fourth-order valence-electron chi connectivity index (χ4n) is 0.973. The van der Waals surface area contributed by atoms with Crippen LogP contribution in [0.1, 0.15) is 0 Å². The number of H-pyrrole nitrogens is 1. The zero-order valence-corrected chi connectivity index (χ0v) is 7.88. The number of nitrogens with one attached hydrogen (secondary N) is 1. The lowest BCUT2D eigenvalue weighted by Gasteiger charge is -2.02. The van der Waals surface area contributed by atoms with Gasteiger partial charge >= 0.3 is 5.69 Å². The number of aromatic nitrogens is 2. The molecule has 0 aliphatic carbocycles. The van der Waals surface area contributed by atoms with Gasteiger partial charge in [0.15, 0.2) is 0 Å². The van der Waals surface area contributed by atoms with Crippen LogP contribution >= 0.6 is 0 Å². The molecular weight excluding hydrogens is 196 g/mol. The van der Waals surface area contributed by atoms with E-state index in [1.807, 2.05) is 0 Å². The summed E-state index contributed by atoms with van der Waals surface area (Å²) in [5, 5.41) is 8.90. The van der Waals surface area contributed by atoms with Crippen LogP contribution < -0.4 is 11.2 Å². The lowest BCUT2D eigenvalue weighted by molar-refractivity contribution is 0.473. The first-order valence-corrected chi connectivity index (χ1v) is 4.15. The van der Waals surface area contributed by atoms with Crippen LogP contribution in [0.15, 0.2) is 52.9 Å². The molecule has 0 atom stereocenters. The van der Waals surface area contributed by atoms with Gasteiger partial charge in [0.2, 0.25) is 0 Å². The van der Waals surface area contributed by atoms with E-state index < -0.39 is 11.2 Å². The van der Waals surface area contributed by atoms with E-state index in [2.05, 4.69) is 11.6 Å². The SMILES string of the molecule is C=CC=C/C(=C\O)n1ccc(=O)[nH]c1=O. The number of nitrogens with zero attached hydrogens (tertiary/aromatic N) is 1. The third kappa shape index (κ3) is 2.57. The summed E-state index contributed by atoms with van der Waals surface area (Å²) in [5.41, 5.74) is -0.867. The van der Waals surface area contributed by atoms with Crippen molar-refractivity contribution < 1.29 is 5.11 Å². The average Bonchev–Trinajstić information content (AvgIpc) is 2.21. The molecule has 1 aromatic heterocycles. The summed E-state index contributed by atoms with van der Waals surface area (Å²) in [7, 11) is 0. The molecule has 0 aliphatic heterocycles. The minimum atomic E-state index is -0.614. The maximum absolute atomic E-state index is 11.3. The molecule has 0 saturated heterocycles. The average molecular weight is 206 g/mol. The van der Waals surface area contributed by atoms with E-state index in [0.717, 1.165) is 10.8 Å². The lowest BCUT2D eigenvalue weighted by atomic mass is 10.4. The van der Waals surface area contributed by atoms with Crippen molar-refractivity contribution in [2.45, 2.75) is 0 Å². The highest BCUT2D eigenvalue weighted by atomic mass is 16.2. The number of allylic oxidation sites excluding steroid dienone is 4. The van der Waals surface area contributed by atoms with E-state index in [1.54, 1.807) is 6.08 Å². The number of aliphatic hydroxyl groups is 1. The summed E-state index contributed by atoms with van der Waals surface area (Å²) in [6.07, 6.45) is 6.57. The molecule has 1 rings (SSSR count). The standard InChI is InChI=1S/C10H10N2O3/c1-2-3-4-8(7-13)12-6-5-9(14)11-10(12)15/h2-7,13H,1H2,(H,11,14,15)/b4-3?,8-7+. The van der Waals surface area contributed by atoms with E-state index >= 15 is 0 Å². The summed E-state index contributed by atoms with van der Waals surface area (Å²) >= 11 is 0. The first-order chi connectivity index (χ1) is 7.19. The fraction of sp³-hybridized carbons (Fsp3) is 0. The van der Waals surface area contributed by atoms with Gasteiger partial charge in [-0.2, -0.15) is 0 Å². The van der Waals surface area contributed by atoms with Gasteiger partial charge in [-0.25, -0.2) is 4.79 Å². The van der Waals surface area contributed by atoms with Gasteiger partial charge in [0, 0.05) is 12.3 Å². The highest BCUT2D eigenvalue weighted by molar-refractivity contribution is 5.55. The maximum atomic E-state index is 11.3. The molecule has 0 unspecified atom stereocenters. The third-order valence-corrected chi connectivity index (χ3v) is 1.64. The molecule has 0 saturated carbocycles. The van der Waals surface area contributed by atoms with Gasteiger partial charge in [-0.1, -0.05) is 18.7 Å². The number of hydrogen-bond donors (Lipinski definition) is 2. The maximum Gasteiger partial charge on any atom is 0.333 e. The van der Waals surface area contributed by atoms with Gasteiger partial charge in [0.25, 0.3) is 5.56 Å². The Labute approximate surface area is 85.3 Å². The normalized spacial score (nSPS) is 11.9. The topological polar surface area (TPSA) is 75.1 Å². The number of aromatic amines is 1. The summed E-state index contributed by atoms with van der Waals surface area (Å²) < 4.78 is 1.10. The largest absolute Gasteiger partial charge is 0.513 e. The zero-order chi connectivity index (χ0) is 11.3. The van der Waals surface area contributed by atoms with Crippen molar-refractivity contribution in [1.29, 1.82) is 0 Å². The summed E-state index contributed by atoms with van der Waals surface area (Å²) in [6, 6.07) is 1.19. The second kappa shape index (κ2) is 4.80. The molecule has 0 bridgehead atoms. The van der Waals surface area contributed by atoms with Crippen molar-refractivity contribution in [3.05, 3.63) is 64.2 Å². The van der Waals surface area contributed by atoms with Crippen molar-refractivity contribution in [2.24, 2.45) is 0 Å². The van der Waals surface area contributed by atoms with Gasteiger partial charge in [-0.15, -0.1) is 0 Å². The molecule has 0 spiro atoms. The molecule has 0 fully saturated rings. The number of hydrogen-bond acceptors (Lipinski definition) is 3. The molecule has 1 aromatic rings. The summed E-state index contributed by atoms with van der Waals surface area (Å²) in [5.74, 6) is 0. The Balaban J connectivity index is 3.26. The molecule has 0 amide bonds. The molecule has 0 aromatic carbocycles. The Morgan fingerprint density at radius 3 is 2.80 bits per heavy atom. The Morgan fingerprint density at radius 1 is 1.53 bits per heavy atom. The monoisotopic (exact) mass is 206 g/mol. The molecule has 5 heteroatoms. The van der Waals surface area contributed by atoms with E-state index in [9.17, 15) is 9.59 Å². The molecular formula is C10H10N2O3. The highest BCUT2D eigenvalue weighted by Gasteiger charge is 1.99. The Hall–Kier alpha value is -2.30. The van der Waals surface area contributed by atoms with Crippen LogP contribution in [-0.4, -0.2) is 14.7 Å². The van der Waals surface area contributed by atoms with Crippen molar-refractivity contribution in [2.75, 3.05) is 0 Å². The lowest BCUT2D eigenvalue weighted by Crippen LogP contribution is -2.27. The third-order valence-electron chi connectivity index (χ3n) is 1.64. The van der Waals surface area contributed by atoms with Crippen LogP contribution in [0.25, 0.3) is 5.70 Å². The smallest absolute Gasteiger partial charge is 0.333 e. The first kappa shape index (κ1) is 10.8.